The Kier molecular flexibility index (Phi) is 4.05. The van der Waals surface area contributed by atoms with E-state index in [9.17, 15) is 4.39 Å². The molecule has 2 nitrogen and oxygen atoms in total. The maximum absolute atomic E-state index is 13.3. The van der Waals surface area contributed by atoms with E-state index in [1.807, 2.05) is 38.2 Å². The monoisotopic (exact) mass is 244 g/mol. The number of hydrogen-bond acceptors (Lipinski definition) is 2. The number of nitrogens with one attached hydrogen (secondary N) is 1. The maximum Gasteiger partial charge on any atom is 0.123 e. The van der Waals surface area contributed by atoms with Crippen molar-refractivity contribution >= 4 is 0 Å². The normalized spacial score (nSPS) is 10.6. The molecule has 94 valence electrons. The first-order chi connectivity index (χ1) is 8.70. The highest BCUT2D eigenvalue weighted by atomic mass is 19.1. The molecule has 0 unspecified atom stereocenters. The highest BCUT2D eigenvalue weighted by molar-refractivity contribution is 5.66. The van der Waals surface area contributed by atoms with Crippen LogP contribution in [0.1, 0.15) is 18.2 Å². The Labute approximate surface area is 107 Å². The molecule has 18 heavy (non-hydrogen) atoms. The van der Waals surface area contributed by atoms with Gasteiger partial charge in [-0.3, -0.25) is 4.98 Å². The van der Waals surface area contributed by atoms with Gasteiger partial charge in [-0.05, 0) is 42.8 Å². The lowest BCUT2D eigenvalue weighted by atomic mass is 10.0. The summed E-state index contributed by atoms with van der Waals surface area (Å²) < 4.78 is 13.3. The minimum atomic E-state index is -0.202. The molecule has 3 heteroatoms. The van der Waals surface area contributed by atoms with Gasteiger partial charge in [0.15, 0.2) is 0 Å². The van der Waals surface area contributed by atoms with Crippen LogP contribution < -0.4 is 5.32 Å². The molecule has 0 fully saturated rings. The van der Waals surface area contributed by atoms with Gasteiger partial charge in [-0.1, -0.05) is 19.1 Å². The predicted octanol–water partition coefficient (Wildman–Crippen LogP) is 3.31. The average Bonchev–Trinajstić information content (AvgIpc) is 2.38. The van der Waals surface area contributed by atoms with E-state index in [2.05, 4.69) is 10.3 Å². The van der Waals surface area contributed by atoms with E-state index in [-0.39, 0.29) is 5.82 Å². The molecular formula is C15H17FN2. The standard InChI is InChI=1S/C15H17FN2/c1-3-17-9-13-8-14(16)6-7-15(13)12-5-4-11(2)18-10-12/h4-8,10,17H,3,9H2,1-2H3. The second-order valence-corrected chi connectivity index (χ2v) is 4.27. The van der Waals surface area contributed by atoms with Gasteiger partial charge >= 0.3 is 0 Å². The zero-order chi connectivity index (χ0) is 13.0. The topological polar surface area (TPSA) is 24.9 Å². The summed E-state index contributed by atoms with van der Waals surface area (Å²) >= 11 is 0. The van der Waals surface area contributed by atoms with E-state index in [1.165, 1.54) is 6.07 Å². The summed E-state index contributed by atoms with van der Waals surface area (Å²) in [5.74, 6) is -0.202. The molecule has 0 aliphatic rings. The molecule has 2 aromatic rings. The van der Waals surface area contributed by atoms with Crippen LogP contribution in [0.25, 0.3) is 11.1 Å². The SMILES string of the molecule is CCNCc1cc(F)ccc1-c1ccc(C)nc1. The van der Waals surface area contributed by atoms with Crippen LogP contribution in [0.5, 0.6) is 0 Å². The number of hydrogen-bond donors (Lipinski definition) is 1. The Morgan fingerprint density at radius 1 is 1.22 bits per heavy atom. The van der Waals surface area contributed by atoms with Gasteiger partial charge in [-0.15, -0.1) is 0 Å². The van der Waals surface area contributed by atoms with E-state index < -0.39 is 0 Å². The summed E-state index contributed by atoms with van der Waals surface area (Å²) in [5.41, 5.74) is 4.00. The quantitative estimate of drug-likeness (QED) is 0.892. The summed E-state index contributed by atoms with van der Waals surface area (Å²) in [6, 6.07) is 8.87. The van der Waals surface area contributed by atoms with Crippen molar-refractivity contribution in [1.29, 1.82) is 0 Å². The molecule has 0 bridgehead atoms. The Balaban J connectivity index is 2.39. The van der Waals surface area contributed by atoms with Gasteiger partial charge in [0, 0.05) is 24.0 Å². The van der Waals surface area contributed by atoms with Crippen LogP contribution in [0.15, 0.2) is 36.5 Å². The third kappa shape index (κ3) is 2.93. The molecule has 0 atom stereocenters. The first-order valence-corrected chi connectivity index (χ1v) is 6.13. The zero-order valence-corrected chi connectivity index (χ0v) is 10.7. The third-order valence-electron chi connectivity index (χ3n) is 2.86. The first-order valence-electron chi connectivity index (χ1n) is 6.13. The smallest absolute Gasteiger partial charge is 0.123 e. The van der Waals surface area contributed by atoms with Crippen LogP contribution in [-0.2, 0) is 6.54 Å². The van der Waals surface area contributed by atoms with Crippen LogP contribution in [0, 0.1) is 12.7 Å². The van der Waals surface area contributed by atoms with Crippen molar-refractivity contribution in [3.8, 4) is 11.1 Å². The maximum atomic E-state index is 13.3. The summed E-state index contributed by atoms with van der Waals surface area (Å²) in [6.45, 7) is 5.51. The minimum Gasteiger partial charge on any atom is -0.313 e. The molecule has 1 N–H and O–H groups in total. The minimum absolute atomic E-state index is 0.202. The number of nitrogens with zero attached hydrogens (tertiary/aromatic N) is 1. The highest BCUT2D eigenvalue weighted by Crippen LogP contribution is 2.24. The molecule has 1 aromatic heterocycles. The van der Waals surface area contributed by atoms with E-state index in [0.29, 0.717) is 6.54 Å². The second kappa shape index (κ2) is 5.74. The van der Waals surface area contributed by atoms with Crippen LogP contribution >= 0.6 is 0 Å². The number of aromatic nitrogens is 1. The molecule has 0 radical (unpaired) electrons. The number of pyridine rings is 1. The van der Waals surface area contributed by atoms with Gasteiger partial charge < -0.3 is 5.32 Å². The molecule has 0 saturated heterocycles. The van der Waals surface area contributed by atoms with Crippen molar-refractivity contribution in [2.75, 3.05) is 6.54 Å². The fourth-order valence-electron chi connectivity index (χ4n) is 1.88. The number of aryl methyl sites for hydroxylation is 1. The van der Waals surface area contributed by atoms with E-state index >= 15 is 0 Å². The average molecular weight is 244 g/mol. The molecule has 0 amide bonds. The van der Waals surface area contributed by atoms with Gasteiger partial charge in [-0.2, -0.15) is 0 Å². The lowest BCUT2D eigenvalue weighted by Crippen LogP contribution is -2.12. The highest BCUT2D eigenvalue weighted by Gasteiger charge is 2.06. The Hall–Kier alpha value is -1.74. The number of benzene rings is 1. The number of rotatable bonds is 4. The zero-order valence-electron chi connectivity index (χ0n) is 10.7. The van der Waals surface area contributed by atoms with Crippen LogP contribution in [0.4, 0.5) is 4.39 Å². The molecule has 0 aliphatic carbocycles. The number of halogens is 1. The molecule has 2 rings (SSSR count). The van der Waals surface area contributed by atoms with Crippen LogP contribution in [0.2, 0.25) is 0 Å². The van der Waals surface area contributed by atoms with Crippen LogP contribution in [-0.4, -0.2) is 11.5 Å². The summed E-state index contributed by atoms with van der Waals surface area (Å²) in [6.07, 6.45) is 1.83. The lowest BCUT2D eigenvalue weighted by Gasteiger charge is -2.10. The van der Waals surface area contributed by atoms with Crippen molar-refractivity contribution in [3.63, 3.8) is 0 Å². The molecule has 1 heterocycles. The third-order valence-corrected chi connectivity index (χ3v) is 2.86. The van der Waals surface area contributed by atoms with Gasteiger partial charge in [-0.25, -0.2) is 4.39 Å². The summed E-state index contributed by atoms with van der Waals surface area (Å²) in [7, 11) is 0. The van der Waals surface area contributed by atoms with Gasteiger partial charge in [0.25, 0.3) is 0 Å². The molecule has 1 aromatic carbocycles. The lowest BCUT2D eigenvalue weighted by molar-refractivity contribution is 0.622. The van der Waals surface area contributed by atoms with Crippen molar-refractivity contribution in [3.05, 3.63) is 53.6 Å². The fourth-order valence-corrected chi connectivity index (χ4v) is 1.88. The van der Waals surface area contributed by atoms with Crippen molar-refractivity contribution in [1.82, 2.24) is 10.3 Å². The second-order valence-electron chi connectivity index (χ2n) is 4.27. The van der Waals surface area contributed by atoms with Crippen molar-refractivity contribution < 1.29 is 4.39 Å². The van der Waals surface area contributed by atoms with Gasteiger partial charge in [0.1, 0.15) is 5.82 Å². The Morgan fingerprint density at radius 2 is 2.06 bits per heavy atom. The molecule has 0 saturated carbocycles. The summed E-state index contributed by atoms with van der Waals surface area (Å²) in [5, 5.41) is 3.23. The molecule has 0 spiro atoms. The van der Waals surface area contributed by atoms with Crippen LogP contribution in [0.3, 0.4) is 0 Å². The van der Waals surface area contributed by atoms with Crippen molar-refractivity contribution in [2.24, 2.45) is 0 Å². The molecular weight excluding hydrogens is 227 g/mol. The molecule has 0 aliphatic heterocycles. The largest absolute Gasteiger partial charge is 0.313 e. The van der Waals surface area contributed by atoms with Gasteiger partial charge in [0.05, 0.1) is 0 Å². The van der Waals surface area contributed by atoms with Gasteiger partial charge in [0.2, 0.25) is 0 Å². The van der Waals surface area contributed by atoms with E-state index in [1.54, 1.807) is 6.07 Å². The first kappa shape index (κ1) is 12.7. The van der Waals surface area contributed by atoms with E-state index in [0.717, 1.165) is 28.9 Å². The van der Waals surface area contributed by atoms with Crippen molar-refractivity contribution in [2.45, 2.75) is 20.4 Å². The predicted molar refractivity (Wildman–Crippen MR) is 71.7 cm³/mol. The Morgan fingerprint density at radius 3 is 2.72 bits per heavy atom. The fraction of sp³-hybridized carbons (Fsp3) is 0.267. The summed E-state index contributed by atoms with van der Waals surface area (Å²) in [4.78, 5) is 4.29. The van der Waals surface area contributed by atoms with E-state index in [4.69, 9.17) is 0 Å². The Bertz CT molecular complexity index is 521.